The Hall–Kier alpha value is -7.22. The van der Waals surface area contributed by atoms with Crippen LogP contribution < -0.4 is 5.73 Å². The average molecular weight is 789 g/mol. The van der Waals surface area contributed by atoms with Crippen LogP contribution in [0.5, 0.6) is 0 Å². The van der Waals surface area contributed by atoms with Crippen LogP contribution in [0.4, 0.5) is 0 Å². The SMILES string of the molecule is Cc1cc(C(=O)O)ccc1-c1nc(-c2cc3c(C)ccc(C)c3o2)no1.Cc1cc(C(=O)OC(C)(C)C)ccc1C(=O)O.Cc1ccc(C)c2oc(/C(N)=N\O)cc12. The van der Waals surface area contributed by atoms with E-state index >= 15 is 0 Å². The molecule has 14 heteroatoms. The van der Waals surface area contributed by atoms with Crippen LogP contribution in [0, 0.1) is 41.5 Å². The third-order valence-corrected chi connectivity index (χ3v) is 9.00. The van der Waals surface area contributed by atoms with E-state index in [9.17, 15) is 14.4 Å². The number of amidine groups is 1. The molecule has 0 unspecified atom stereocenters. The van der Waals surface area contributed by atoms with Gasteiger partial charge in [-0.25, -0.2) is 14.4 Å². The molecule has 5 N–H and O–H groups in total. The molecule has 3 aromatic heterocycles. The Balaban J connectivity index is 0.000000175. The van der Waals surface area contributed by atoms with Gasteiger partial charge in [-0.15, -0.1) is 0 Å². The van der Waals surface area contributed by atoms with Crippen molar-refractivity contribution in [3.8, 4) is 23.0 Å². The number of carbonyl (C=O) groups is 3. The summed E-state index contributed by atoms with van der Waals surface area (Å²) >= 11 is 0. The van der Waals surface area contributed by atoms with Gasteiger partial charge in [0, 0.05) is 16.3 Å². The van der Waals surface area contributed by atoms with Crippen LogP contribution in [0.1, 0.15) is 91.0 Å². The number of aryl methyl sites for hydroxylation is 6. The molecule has 0 fully saturated rings. The smallest absolute Gasteiger partial charge is 0.338 e. The lowest BCUT2D eigenvalue weighted by atomic mass is 10.1. The van der Waals surface area contributed by atoms with E-state index in [2.05, 4.69) is 15.3 Å². The molecule has 0 spiro atoms. The molecule has 0 atom stereocenters. The second kappa shape index (κ2) is 16.9. The fraction of sp³-hybridized carbons (Fsp3) is 0.227. The molecule has 3 heterocycles. The van der Waals surface area contributed by atoms with Gasteiger partial charge in [-0.05, 0) is 144 Å². The van der Waals surface area contributed by atoms with E-state index < -0.39 is 23.5 Å². The van der Waals surface area contributed by atoms with Gasteiger partial charge in [0.25, 0.3) is 5.89 Å². The normalized spacial score (nSPS) is 11.4. The number of hydrogen-bond acceptors (Lipinski definition) is 11. The monoisotopic (exact) mass is 788 g/mol. The van der Waals surface area contributed by atoms with E-state index in [1.165, 1.54) is 24.3 Å². The first-order valence-electron chi connectivity index (χ1n) is 18.0. The summed E-state index contributed by atoms with van der Waals surface area (Å²) in [6.45, 7) is 16.8. The number of aromatic nitrogens is 2. The Kier molecular flexibility index (Phi) is 12.2. The van der Waals surface area contributed by atoms with E-state index in [0.29, 0.717) is 39.9 Å². The van der Waals surface area contributed by atoms with Gasteiger partial charge in [0.1, 0.15) is 16.8 Å². The highest BCUT2D eigenvalue weighted by atomic mass is 16.6. The maximum Gasteiger partial charge on any atom is 0.338 e. The molecule has 7 aromatic rings. The van der Waals surface area contributed by atoms with Crippen LogP contribution in [0.2, 0.25) is 0 Å². The molecule has 0 bridgehead atoms. The van der Waals surface area contributed by atoms with Gasteiger partial charge in [0.2, 0.25) is 11.7 Å². The molecule has 7 rings (SSSR count). The zero-order valence-electron chi connectivity index (χ0n) is 33.5. The Morgan fingerprint density at radius 3 is 1.78 bits per heavy atom. The number of fused-ring (bicyclic) bond motifs is 2. The number of furan rings is 2. The largest absolute Gasteiger partial charge is 0.478 e. The number of rotatable bonds is 6. The van der Waals surface area contributed by atoms with Gasteiger partial charge in [0.15, 0.2) is 11.5 Å². The van der Waals surface area contributed by atoms with Crippen molar-refractivity contribution in [3.63, 3.8) is 0 Å². The van der Waals surface area contributed by atoms with Gasteiger partial charge < -0.3 is 39.2 Å². The second-order valence-corrected chi connectivity index (χ2v) is 14.7. The Morgan fingerprint density at radius 2 is 1.26 bits per heavy atom. The first kappa shape index (κ1) is 41.9. The number of hydrogen-bond donors (Lipinski definition) is 4. The molecule has 0 radical (unpaired) electrons. The fourth-order valence-electron chi connectivity index (χ4n) is 5.91. The molecular weight excluding hydrogens is 745 g/mol. The van der Waals surface area contributed by atoms with E-state index in [4.69, 9.17) is 39.2 Å². The number of nitrogens with zero attached hydrogens (tertiary/aromatic N) is 3. The number of carboxylic acid groups (broad SMARTS) is 2. The molecule has 0 saturated heterocycles. The predicted molar refractivity (Wildman–Crippen MR) is 218 cm³/mol. The fourth-order valence-corrected chi connectivity index (χ4v) is 5.91. The van der Waals surface area contributed by atoms with Crippen LogP contribution in [0.25, 0.3) is 45.0 Å². The molecule has 0 aliphatic rings. The minimum atomic E-state index is -1.00. The average Bonchev–Trinajstić information content (AvgIpc) is 3.94. The van der Waals surface area contributed by atoms with Crippen molar-refractivity contribution in [2.24, 2.45) is 10.9 Å². The van der Waals surface area contributed by atoms with Crippen molar-refractivity contribution < 1.29 is 47.9 Å². The highest BCUT2D eigenvalue weighted by Gasteiger charge is 2.20. The molecule has 0 saturated carbocycles. The van der Waals surface area contributed by atoms with Crippen LogP contribution in [0.3, 0.4) is 0 Å². The lowest BCUT2D eigenvalue weighted by molar-refractivity contribution is 0.00687. The summed E-state index contributed by atoms with van der Waals surface area (Å²) in [6.07, 6.45) is 0. The molecule has 0 aliphatic carbocycles. The topological polar surface area (TPSA) is 225 Å². The summed E-state index contributed by atoms with van der Waals surface area (Å²) < 4.78 is 22.0. The number of nitrogens with two attached hydrogens (primary N) is 1. The minimum absolute atomic E-state index is 0.00926. The highest BCUT2D eigenvalue weighted by molar-refractivity contribution is 5.99. The summed E-state index contributed by atoms with van der Waals surface area (Å²) in [5, 5.41) is 35.4. The van der Waals surface area contributed by atoms with Crippen LogP contribution in [-0.2, 0) is 4.74 Å². The zero-order chi connectivity index (χ0) is 42.6. The minimum Gasteiger partial charge on any atom is -0.478 e. The first-order valence-corrected chi connectivity index (χ1v) is 18.0. The third-order valence-electron chi connectivity index (χ3n) is 9.00. The molecule has 300 valence electrons. The number of esters is 1. The van der Waals surface area contributed by atoms with Crippen LogP contribution in [-0.4, -0.2) is 54.9 Å². The summed E-state index contributed by atoms with van der Waals surface area (Å²) in [6, 6.07) is 20.9. The van der Waals surface area contributed by atoms with Crippen molar-refractivity contribution in [2.75, 3.05) is 0 Å². The van der Waals surface area contributed by atoms with Gasteiger partial charge in [0.05, 0.1) is 16.7 Å². The van der Waals surface area contributed by atoms with E-state index in [0.717, 1.165) is 49.8 Å². The van der Waals surface area contributed by atoms with Crippen molar-refractivity contribution >= 4 is 45.7 Å². The first-order chi connectivity index (χ1) is 27.3. The molecule has 14 nitrogen and oxygen atoms in total. The molecular formula is C44H44N4O10. The molecule has 0 amide bonds. The Bertz CT molecular complexity index is 2630. The Labute approximate surface area is 333 Å². The number of benzene rings is 4. The van der Waals surface area contributed by atoms with Crippen LogP contribution in [0.15, 0.2) is 91.3 Å². The number of oxime groups is 1. The quantitative estimate of drug-likeness (QED) is 0.0405. The van der Waals surface area contributed by atoms with Crippen molar-refractivity contribution in [3.05, 3.63) is 129 Å². The maximum atomic E-state index is 11.7. The van der Waals surface area contributed by atoms with E-state index in [1.807, 2.05) is 58.0 Å². The maximum absolute atomic E-state index is 11.7. The standard InChI is InChI=1S/C20H16N2O4.C13H16O4.C11H12N2O2/c1-10-4-5-11(2)17-15(10)9-16(25-17)18-21-19(26-22-18)14-7-6-13(20(23)24)8-12(14)3;1-8-7-9(5-6-10(8)11(14)15)12(16)17-13(2,3)4;1-6-3-4-7(2)10-8(6)5-9(15-10)11(12)13-14/h4-9H,1-3H3,(H,23,24);5-7H,1-4H3,(H,14,15);3-5,14H,1-2H3,(H2,12,13). The summed E-state index contributed by atoms with van der Waals surface area (Å²) in [4.78, 5) is 38.0. The second-order valence-electron chi connectivity index (χ2n) is 14.7. The van der Waals surface area contributed by atoms with Crippen molar-refractivity contribution in [2.45, 2.75) is 67.9 Å². The van der Waals surface area contributed by atoms with Crippen LogP contribution >= 0.6 is 0 Å². The zero-order valence-corrected chi connectivity index (χ0v) is 33.5. The highest BCUT2D eigenvalue weighted by Crippen LogP contribution is 2.32. The summed E-state index contributed by atoms with van der Waals surface area (Å²) in [7, 11) is 0. The van der Waals surface area contributed by atoms with E-state index in [-0.39, 0.29) is 17.0 Å². The van der Waals surface area contributed by atoms with E-state index in [1.54, 1.807) is 52.8 Å². The van der Waals surface area contributed by atoms with Gasteiger partial charge in [-0.2, -0.15) is 4.98 Å². The number of ether oxygens (including phenoxy) is 1. The van der Waals surface area contributed by atoms with Crippen molar-refractivity contribution in [1.29, 1.82) is 0 Å². The number of carbonyl (C=O) groups excluding carboxylic acids is 1. The lowest BCUT2D eigenvalue weighted by Crippen LogP contribution is -2.24. The van der Waals surface area contributed by atoms with Gasteiger partial charge in [-0.3, -0.25) is 0 Å². The molecule has 0 aliphatic heterocycles. The molecule has 58 heavy (non-hydrogen) atoms. The number of carboxylic acids is 2. The number of aromatic carboxylic acids is 2. The Morgan fingerprint density at radius 1 is 0.690 bits per heavy atom. The van der Waals surface area contributed by atoms with Gasteiger partial charge in [-0.1, -0.05) is 34.6 Å². The summed E-state index contributed by atoms with van der Waals surface area (Å²) in [5.74, 6) is -0.822. The summed E-state index contributed by atoms with van der Waals surface area (Å²) in [5.41, 5.74) is 13.6. The molecule has 4 aromatic carbocycles. The van der Waals surface area contributed by atoms with Gasteiger partial charge >= 0.3 is 17.9 Å². The van der Waals surface area contributed by atoms with Crippen molar-refractivity contribution in [1.82, 2.24) is 10.1 Å². The predicted octanol–water partition coefficient (Wildman–Crippen LogP) is 9.57. The third kappa shape index (κ3) is 9.41. The lowest BCUT2D eigenvalue weighted by Gasteiger charge is -2.19.